The van der Waals surface area contributed by atoms with Gasteiger partial charge in [0.15, 0.2) is 0 Å². The molecule has 0 aliphatic carbocycles. The molecule has 4 aromatic rings. The molecule has 23 heavy (non-hydrogen) atoms. The van der Waals surface area contributed by atoms with Crippen molar-refractivity contribution in [1.29, 1.82) is 0 Å². The monoisotopic (exact) mass is 324 g/mol. The van der Waals surface area contributed by atoms with Gasteiger partial charge < -0.3 is 10.2 Å². The normalized spacial score (nSPS) is 10.6. The Morgan fingerprint density at radius 2 is 0.870 bits per heavy atom. The van der Waals surface area contributed by atoms with E-state index < -0.39 is 0 Å². The fraction of sp³-hybridized carbons (Fsp3) is 0. The van der Waals surface area contributed by atoms with Gasteiger partial charge in [0, 0.05) is 0 Å². The van der Waals surface area contributed by atoms with E-state index in [4.69, 9.17) is 0 Å². The van der Waals surface area contributed by atoms with Crippen LogP contribution < -0.4 is 10.2 Å². The Bertz CT molecular complexity index is 925. The number of hydrogen-bond acceptors (Lipinski definition) is 2. The third-order valence-electron chi connectivity index (χ3n) is 4.03. The zero-order valence-electron chi connectivity index (χ0n) is 12.5. The predicted octanol–water partition coefficient (Wildman–Crippen LogP) is 3.43. The van der Waals surface area contributed by atoms with Crippen molar-refractivity contribution < 1.29 is 10.2 Å². The minimum atomic E-state index is -0.118. The molecule has 0 radical (unpaired) electrons. The van der Waals surface area contributed by atoms with Gasteiger partial charge in [-0.05, 0) is 32.7 Å². The standard InChI is InChI=1S/C20H14O2.Ca/c21-17-11-9-13-5-1-3-7-15(13)19(17)20-16-8-4-2-6-14(16)10-12-18(20)22;/h1-12,21-22H;/q;+2/p-2. The van der Waals surface area contributed by atoms with Crippen molar-refractivity contribution in [2.75, 3.05) is 0 Å². The first-order chi connectivity index (χ1) is 10.8. The zero-order chi connectivity index (χ0) is 15.1. The maximum atomic E-state index is 12.5. The third kappa shape index (κ3) is 2.67. The molecular weight excluding hydrogens is 312 g/mol. The molecule has 0 fully saturated rings. The van der Waals surface area contributed by atoms with E-state index in [0.717, 1.165) is 21.5 Å². The molecule has 2 nitrogen and oxygen atoms in total. The molecule has 106 valence electrons. The van der Waals surface area contributed by atoms with Gasteiger partial charge in [0.25, 0.3) is 0 Å². The van der Waals surface area contributed by atoms with Crippen LogP contribution >= 0.6 is 0 Å². The Morgan fingerprint density at radius 1 is 0.478 bits per heavy atom. The van der Waals surface area contributed by atoms with Gasteiger partial charge in [0.2, 0.25) is 0 Å². The van der Waals surface area contributed by atoms with Gasteiger partial charge in [-0.15, -0.1) is 11.5 Å². The van der Waals surface area contributed by atoms with Crippen molar-refractivity contribution in [3.05, 3.63) is 72.8 Å². The van der Waals surface area contributed by atoms with Crippen molar-refractivity contribution in [1.82, 2.24) is 0 Å². The molecule has 0 bridgehead atoms. The van der Waals surface area contributed by atoms with E-state index in [2.05, 4.69) is 0 Å². The van der Waals surface area contributed by atoms with Gasteiger partial charge >= 0.3 is 37.7 Å². The fourth-order valence-electron chi connectivity index (χ4n) is 3.02. The van der Waals surface area contributed by atoms with Crippen molar-refractivity contribution >= 4 is 59.3 Å². The van der Waals surface area contributed by atoms with Gasteiger partial charge in [-0.1, -0.05) is 72.8 Å². The molecule has 0 aromatic heterocycles. The van der Waals surface area contributed by atoms with Crippen LogP contribution in [-0.4, -0.2) is 37.7 Å². The zero-order valence-corrected chi connectivity index (χ0v) is 14.7. The van der Waals surface area contributed by atoms with E-state index >= 15 is 0 Å². The van der Waals surface area contributed by atoms with Crippen LogP contribution in [0.1, 0.15) is 0 Å². The molecule has 0 amide bonds. The summed E-state index contributed by atoms with van der Waals surface area (Å²) >= 11 is 0. The second-order valence-corrected chi connectivity index (χ2v) is 5.32. The molecule has 0 aliphatic heterocycles. The largest absolute Gasteiger partial charge is 2.00 e. The molecule has 0 saturated heterocycles. The van der Waals surface area contributed by atoms with Crippen molar-refractivity contribution in [3.63, 3.8) is 0 Å². The first kappa shape index (κ1) is 16.1. The van der Waals surface area contributed by atoms with Crippen LogP contribution in [0, 0.1) is 0 Å². The first-order valence-electron chi connectivity index (χ1n) is 7.13. The molecular formula is C20H12CaO2. The molecule has 0 aliphatic rings. The van der Waals surface area contributed by atoms with Gasteiger partial charge in [0.1, 0.15) is 0 Å². The van der Waals surface area contributed by atoms with Gasteiger partial charge in [-0.25, -0.2) is 0 Å². The second-order valence-electron chi connectivity index (χ2n) is 5.32. The summed E-state index contributed by atoms with van der Waals surface area (Å²) in [5.74, 6) is -0.237. The maximum absolute atomic E-state index is 12.5. The smallest absolute Gasteiger partial charge is 0.872 e. The number of hydrogen-bond donors (Lipinski definition) is 0. The van der Waals surface area contributed by atoms with E-state index in [-0.39, 0.29) is 49.2 Å². The molecule has 0 saturated carbocycles. The van der Waals surface area contributed by atoms with Crippen LogP contribution in [0.3, 0.4) is 0 Å². The summed E-state index contributed by atoms with van der Waals surface area (Å²) < 4.78 is 0. The van der Waals surface area contributed by atoms with Crippen LogP contribution in [0.15, 0.2) is 72.8 Å². The molecule has 0 atom stereocenters. The minimum Gasteiger partial charge on any atom is -0.872 e. The van der Waals surface area contributed by atoms with Crippen molar-refractivity contribution in [3.8, 4) is 22.6 Å². The summed E-state index contributed by atoms with van der Waals surface area (Å²) in [6.07, 6.45) is 0. The quantitative estimate of drug-likeness (QED) is 0.504. The topological polar surface area (TPSA) is 46.1 Å². The Labute approximate surface area is 164 Å². The molecule has 3 heteroatoms. The van der Waals surface area contributed by atoms with Crippen LogP contribution in [0.5, 0.6) is 11.5 Å². The Morgan fingerprint density at radius 3 is 1.30 bits per heavy atom. The van der Waals surface area contributed by atoms with Crippen molar-refractivity contribution in [2.24, 2.45) is 0 Å². The van der Waals surface area contributed by atoms with Crippen LogP contribution in [0.25, 0.3) is 32.7 Å². The fourth-order valence-corrected chi connectivity index (χ4v) is 3.02. The third-order valence-corrected chi connectivity index (χ3v) is 4.03. The Balaban J connectivity index is 0.00000156. The Kier molecular flexibility index (Phi) is 4.49. The molecule has 0 unspecified atom stereocenters. The summed E-state index contributed by atoms with van der Waals surface area (Å²) in [5.41, 5.74) is 1.000. The van der Waals surface area contributed by atoms with E-state index in [9.17, 15) is 10.2 Å². The molecule has 0 N–H and O–H groups in total. The first-order valence-corrected chi connectivity index (χ1v) is 7.13. The van der Waals surface area contributed by atoms with E-state index in [0.29, 0.717) is 11.1 Å². The number of rotatable bonds is 1. The molecule has 0 spiro atoms. The van der Waals surface area contributed by atoms with Crippen molar-refractivity contribution in [2.45, 2.75) is 0 Å². The number of fused-ring (bicyclic) bond motifs is 2. The molecule has 0 heterocycles. The second kappa shape index (κ2) is 6.40. The van der Waals surface area contributed by atoms with Gasteiger partial charge in [-0.2, -0.15) is 0 Å². The minimum absolute atomic E-state index is 0. The average molecular weight is 324 g/mol. The predicted molar refractivity (Wildman–Crippen MR) is 91.5 cm³/mol. The van der Waals surface area contributed by atoms with Gasteiger partial charge in [0.05, 0.1) is 0 Å². The summed E-state index contributed by atoms with van der Waals surface area (Å²) in [4.78, 5) is 0. The summed E-state index contributed by atoms with van der Waals surface area (Å²) in [6.45, 7) is 0. The average Bonchev–Trinajstić information content (AvgIpc) is 2.56. The van der Waals surface area contributed by atoms with E-state index in [1.807, 2.05) is 48.5 Å². The SMILES string of the molecule is [Ca+2].[O-]c1ccc2ccccc2c1-c1c([O-])ccc2ccccc12. The van der Waals surface area contributed by atoms with E-state index in [1.54, 1.807) is 24.3 Å². The molecule has 4 rings (SSSR count). The van der Waals surface area contributed by atoms with Crippen LogP contribution in [0.2, 0.25) is 0 Å². The summed E-state index contributed by atoms with van der Waals surface area (Å²) in [7, 11) is 0. The molecule has 4 aromatic carbocycles. The van der Waals surface area contributed by atoms with Gasteiger partial charge in [-0.3, -0.25) is 0 Å². The van der Waals surface area contributed by atoms with E-state index in [1.165, 1.54) is 0 Å². The van der Waals surface area contributed by atoms with Crippen LogP contribution in [-0.2, 0) is 0 Å². The number of benzene rings is 4. The summed E-state index contributed by atoms with van der Waals surface area (Å²) in [5, 5.41) is 28.6. The van der Waals surface area contributed by atoms with Crippen LogP contribution in [0.4, 0.5) is 0 Å². The summed E-state index contributed by atoms with van der Waals surface area (Å²) in [6, 6.07) is 22.0. The Hall–Kier alpha value is -1.74. The maximum Gasteiger partial charge on any atom is 2.00 e.